The molecule has 2 aliphatic heterocycles. The van der Waals surface area contributed by atoms with E-state index < -0.39 is 15.6 Å². The highest BCUT2D eigenvalue weighted by atomic mass is 32.2. The number of aryl methyl sites for hydroxylation is 1. The summed E-state index contributed by atoms with van der Waals surface area (Å²) in [6.07, 6.45) is 8.94. The molecular weight excluding hydrogens is 665 g/mol. The molecule has 51 heavy (non-hydrogen) atoms. The maximum atomic E-state index is 13.4. The molecule has 2 aliphatic rings. The van der Waals surface area contributed by atoms with Gasteiger partial charge in [0.1, 0.15) is 11.2 Å². The summed E-state index contributed by atoms with van der Waals surface area (Å²) in [5, 5.41) is 4.11. The van der Waals surface area contributed by atoms with E-state index in [0.29, 0.717) is 35.4 Å². The second-order valence-electron chi connectivity index (χ2n) is 13.9. The van der Waals surface area contributed by atoms with Gasteiger partial charge in [0.05, 0.1) is 34.4 Å². The first-order valence-corrected chi connectivity index (χ1v) is 19.1. The van der Waals surface area contributed by atoms with Crippen LogP contribution >= 0.6 is 0 Å². The summed E-state index contributed by atoms with van der Waals surface area (Å²) in [6, 6.07) is 19.0. The molecule has 0 atom stereocenters. The Balaban J connectivity index is 1.28. The highest BCUT2D eigenvalue weighted by molar-refractivity contribution is 7.92. The summed E-state index contributed by atoms with van der Waals surface area (Å²) >= 11 is 0. The maximum Gasteiger partial charge on any atom is 0.273 e. The number of carbonyl (C=O) groups excluding carboxylic acids is 1. The van der Waals surface area contributed by atoms with Gasteiger partial charge in [0.25, 0.3) is 5.56 Å². The molecule has 2 fully saturated rings. The Bertz CT molecular complexity index is 2180. The van der Waals surface area contributed by atoms with E-state index in [0.717, 1.165) is 48.4 Å². The smallest absolute Gasteiger partial charge is 0.273 e. The monoisotopic (exact) mass is 708 g/mol. The molecule has 2 saturated heterocycles. The second kappa shape index (κ2) is 13.6. The molecule has 0 aliphatic carbocycles. The first-order valence-electron chi connectivity index (χ1n) is 17.4. The fraction of sp³-hybridized carbons (Fsp3) is 0.368. The summed E-state index contributed by atoms with van der Waals surface area (Å²) in [4.78, 5) is 40.1. The van der Waals surface area contributed by atoms with Crippen molar-refractivity contribution in [3.05, 3.63) is 107 Å². The van der Waals surface area contributed by atoms with Crippen LogP contribution < -0.4 is 15.6 Å². The lowest BCUT2D eigenvalue weighted by atomic mass is 9.91. The molecule has 2 N–H and O–H groups in total. The predicted octanol–water partition coefficient (Wildman–Crippen LogP) is 4.33. The first kappa shape index (κ1) is 34.4. The third-order valence-corrected chi connectivity index (χ3v) is 11.7. The van der Waals surface area contributed by atoms with Crippen molar-refractivity contribution in [3.8, 4) is 11.1 Å². The number of piperidine rings is 1. The fourth-order valence-corrected chi connectivity index (χ4v) is 7.91. The van der Waals surface area contributed by atoms with Crippen molar-refractivity contribution >= 4 is 38.2 Å². The number of nitrogens with one attached hydrogen (secondary N) is 2. The van der Waals surface area contributed by atoms with Crippen molar-refractivity contribution < 1.29 is 13.2 Å². The van der Waals surface area contributed by atoms with Crippen LogP contribution in [0.25, 0.3) is 22.0 Å². The second-order valence-corrected chi connectivity index (χ2v) is 15.9. The van der Waals surface area contributed by atoms with E-state index in [1.807, 2.05) is 78.7 Å². The highest BCUT2D eigenvalue weighted by Crippen LogP contribution is 2.39. The van der Waals surface area contributed by atoms with Crippen molar-refractivity contribution in [2.24, 2.45) is 13.0 Å². The number of aromatic nitrogens is 4. The zero-order chi connectivity index (χ0) is 35.9. The van der Waals surface area contributed by atoms with Crippen LogP contribution in [0.1, 0.15) is 38.1 Å². The van der Waals surface area contributed by atoms with E-state index in [9.17, 15) is 18.0 Å². The lowest BCUT2D eigenvalue weighted by molar-refractivity contribution is -0.141. The SMILES string of the molecule is CCS(=O)(=O)Nc1cc(-c2cc(NC3CN(C(=O)C4CCN(C)CC4)C3)c(=O)n(C)c2)cc2c1ccn2C(C)(c1ccccn1)c1ccccn1. The number of nitrogens with zero attached hydrogens (tertiary/aromatic N) is 6. The quantitative estimate of drug-likeness (QED) is 0.219. The van der Waals surface area contributed by atoms with Crippen LogP contribution in [0, 0.1) is 5.92 Å². The van der Waals surface area contributed by atoms with E-state index in [1.165, 1.54) is 4.57 Å². The molecule has 0 bridgehead atoms. The lowest BCUT2D eigenvalue weighted by Crippen LogP contribution is -2.59. The minimum atomic E-state index is -3.64. The largest absolute Gasteiger partial charge is 0.374 e. The molecule has 0 spiro atoms. The van der Waals surface area contributed by atoms with Crippen molar-refractivity contribution in [2.75, 3.05) is 49.0 Å². The van der Waals surface area contributed by atoms with Gasteiger partial charge in [-0.2, -0.15) is 0 Å². The van der Waals surface area contributed by atoms with E-state index in [4.69, 9.17) is 9.97 Å². The Morgan fingerprint density at radius 2 is 1.57 bits per heavy atom. The molecule has 7 rings (SSSR count). The van der Waals surface area contributed by atoms with Crippen molar-refractivity contribution in [1.82, 2.24) is 28.9 Å². The van der Waals surface area contributed by atoms with Crippen LogP contribution in [0.15, 0.2) is 90.2 Å². The zero-order valence-corrected chi connectivity index (χ0v) is 30.2. The van der Waals surface area contributed by atoms with Gasteiger partial charge in [-0.25, -0.2) is 8.42 Å². The van der Waals surface area contributed by atoms with E-state index in [2.05, 4.69) is 26.6 Å². The van der Waals surface area contributed by atoms with Crippen LogP contribution in [0.3, 0.4) is 0 Å². The molecule has 1 aromatic carbocycles. The van der Waals surface area contributed by atoms with Gasteiger partial charge in [-0.15, -0.1) is 0 Å². The van der Waals surface area contributed by atoms with Crippen LogP contribution in [-0.4, -0.2) is 88.2 Å². The molecule has 4 aromatic heterocycles. The van der Waals surface area contributed by atoms with Gasteiger partial charge in [0.15, 0.2) is 0 Å². The Morgan fingerprint density at radius 3 is 2.18 bits per heavy atom. The molecule has 0 radical (unpaired) electrons. The fourth-order valence-electron chi connectivity index (χ4n) is 7.26. The number of likely N-dealkylation sites (tertiary alicyclic amines) is 2. The van der Waals surface area contributed by atoms with E-state index in [-0.39, 0.29) is 29.2 Å². The number of hydrogen-bond donors (Lipinski definition) is 2. The Morgan fingerprint density at radius 1 is 0.922 bits per heavy atom. The topological polar surface area (TPSA) is 134 Å². The Hall–Kier alpha value is -5.01. The summed E-state index contributed by atoms with van der Waals surface area (Å²) in [5.41, 5.74) is 3.52. The number of sulfonamides is 1. The average Bonchev–Trinajstić information content (AvgIpc) is 3.56. The van der Waals surface area contributed by atoms with Crippen molar-refractivity contribution in [3.63, 3.8) is 0 Å². The molecular formula is C38H44N8O4S. The van der Waals surface area contributed by atoms with E-state index >= 15 is 0 Å². The number of benzene rings is 1. The van der Waals surface area contributed by atoms with Gasteiger partial charge in [-0.3, -0.25) is 24.3 Å². The van der Waals surface area contributed by atoms with Crippen LogP contribution in [0.2, 0.25) is 0 Å². The maximum absolute atomic E-state index is 13.4. The minimum absolute atomic E-state index is 0.0488. The number of fused-ring (bicyclic) bond motifs is 1. The normalized spacial score (nSPS) is 16.3. The number of carbonyl (C=O) groups is 1. The molecule has 5 aromatic rings. The van der Waals surface area contributed by atoms with Gasteiger partial charge in [-0.1, -0.05) is 12.1 Å². The highest BCUT2D eigenvalue weighted by Gasteiger charge is 2.37. The number of rotatable bonds is 10. The molecule has 1 amide bonds. The van der Waals surface area contributed by atoms with Gasteiger partial charge in [0.2, 0.25) is 15.9 Å². The number of hydrogen-bond acceptors (Lipinski definition) is 8. The third kappa shape index (κ3) is 6.63. The predicted molar refractivity (Wildman–Crippen MR) is 200 cm³/mol. The van der Waals surface area contributed by atoms with Gasteiger partial charge in [-0.05, 0) is 101 Å². The van der Waals surface area contributed by atoms with Gasteiger partial charge < -0.3 is 24.3 Å². The standard InChI is InChI=1S/C38H44N8O4S/c1-5-51(49,50)42-31-20-27(22-33-30(31)14-19-46(33)38(2,34-10-6-8-15-39-34)35-11-7-9-16-40-35)28-21-32(37(48)44(4)23-28)41-29-24-45(25-29)36(47)26-12-17-43(3)18-13-26/h6-11,14-16,19-23,26,29,41-42H,5,12-13,17-18,24-25H2,1-4H3. The molecule has 0 saturated carbocycles. The number of amides is 1. The molecule has 266 valence electrons. The average molecular weight is 709 g/mol. The first-order chi connectivity index (χ1) is 24.5. The summed E-state index contributed by atoms with van der Waals surface area (Å²) in [6.45, 7) is 6.59. The molecule has 13 heteroatoms. The summed E-state index contributed by atoms with van der Waals surface area (Å²) in [7, 11) is 0.149. The van der Waals surface area contributed by atoms with Crippen LogP contribution in [0.4, 0.5) is 11.4 Å². The number of anilines is 2. The third-order valence-electron chi connectivity index (χ3n) is 10.4. The Kier molecular flexibility index (Phi) is 9.19. The van der Waals surface area contributed by atoms with E-state index in [1.54, 1.807) is 32.6 Å². The minimum Gasteiger partial charge on any atom is -0.374 e. The zero-order valence-electron chi connectivity index (χ0n) is 29.4. The Labute approximate surface area is 298 Å². The van der Waals surface area contributed by atoms with Gasteiger partial charge in [0, 0.05) is 61.8 Å². The number of pyridine rings is 3. The summed E-state index contributed by atoms with van der Waals surface area (Å²) < 4.78 is 32.4. The van der Waals surface area contributed by atoms with Crippen molar-refractivity contribution in [2.45, 2.75) is 38.3 Å². The van der Waals surface area contributed by atoms with Crippen LogP contribution in [0.5, 0.6) is 0 Å². The molecule has 12 nitrogen and oxygen atoms in total. The summed E-state index contributed by atoms with van der Waals surface area (Å²) in [5.74, 6) is 0.166. The molecule has 0 unspecified atom stereocenters. The van der Waals surface area contributed by atoms with Gasteiger partial charge >= 0.3 is 0 Å². The molecule has 6 heterocycles. The lowest BCUT2D eigenvalue weighted by Gasteiger charge is -2.42. The van der Waals surface area contributed by atoms with Crippen LogP contribution in [-0.2, 0) is 27.4 Å². The van der Waals surface area contributed by atoms with Crippen molar-refractivity contribution in [1.29, 1.82) is 0 Å².